The fraction of sp³-hybridized carbons (Fsp3) is 0.643. The number of aliphatic hydroxyl groups is 1. The topological polar surface area (TPSA) is 42.4 Å². The number of hydrogen-bond acceptors (Lipinski definition) is 3. The van der Waals surface area contributed by atoms with E-state index in [0.29, 0.717) is 25.2 Å². The molecule has 1 aliphatic carbocycles. The first kappa shape index (κ1) is 12.5. The summed E-state index contributed by atoms with van der Waals surface area (Å²) in [5.41, 5.74) is 2.05. The summed E-state index contributed by atoms with van der Waals surface area (Å²) in [6.07, 6.45) is 4.65. The Labute approximate surface area is 103 Å². The summed E-state index contributed by atoms with van der Waals surface area (Å²) in [5.74, 6) is 0.493. The van der Waals surface area contributed by atoms with Crippen LogP contribution in [0.4, 0.5) is 0 Å². The second-order valence-electron chi connectivity index (χ2n) is 4.91. The van der Waals surface area contributed by atoms with Gasteiger partial charge in [-0.05, 0) is 50.7 Å². The number of nitrogens with zero attached hydrogens (tertiary/aromatic N) is 1. The van der Waals surface area contributed by atoms with E-state index in [-0.39, 0.29) is 0 Å². The van der Waals surface area contributed by atoms with Crippen LogP contribution in [0.3, 0.4) is 0 Å². The number of rotatable bonds is 4. The van der Waals surface area contributed by atoms with Crippen molar-refractivity contribution in [3.05, 3.63) is 29.6 Å². The highest BCUT2D eigenvalue weighted by Gasteiger charge is 2.20. The average Bonchev–Trinajstić information content (AvgIpc) is 2.37. The average molecular weight is 235 g/mol. The van der Waals surface area contributed by atoms with Gasteiger partial charge in [-0.3, -0.25) is 4.98 Å². The molecule has 0 aliphatic heterocycles. The normalized spacial score (nSPS) is 24.8. The zero-order valence-corrected chi connectivity index (χ0v) is 10.4. The summed E-state index contributed by atoms with van der Waals surface area (Å²) in [6, 6.07) is 6.02. The van der Waals surface area contributed by atoms with Gasteiger partial charge in [-0.15, -0.1) is 0 Å². The smallest absolute Gasteiger partial charge is 0.0891 e. The third kappa shape index (κ3) is 3.79. The van der Waals surface area contributed by atoms with Crippen molar-refractivity contribution in [2.24, 2.45) is 5.92 Å². The minimum atomic E-state index is 0.326. The van der Waals surface area contributed by atoms with Crippen LogP contribution in [0.2, 0.25) is 0 Å². The van der Waals surface area contributed by atoms with E-state index in [4.69, 9.17) is 9.84 Å². The minimum absolute atomic E-state index is 0.326. The van der Waals surface area contributed by atoms with E-state index in [1.165, 1.54) is 0 Å². The van der Waals surface area contributed by atoms with Crippen LogP contribution in [0.15, 0.2) is 18.2 Å². The largest absolute Gasteiger partial charge is 0.396 e. The lowest BCUT2D eigenvalue weighted by Gasteiger charge is -2.27. The number of hydrogen-bond donors (Lipinski definition) is 1. The van der Waals surface area contributed by atoms with Gasteiger partial charge in [-0.1, -0.05) is 6.07 Å². The summed E-state index contributed by atoms with van der Waals surface area (Å²) >= 11 is 0. The zero-order chi connectivity index (χ0) is 12.1. The van der Waals surface area contributed by atoms with Gasteiger partial charge in [0.1, 0.15) is 0 Å². The van der Waals surface area contributed by atoms with Gasteiger partial charge < -0.3 is 9.84 Å². The maximum atomic E-state index is 9.06. The van der Waals surface area contributed by atoms with Crippen LogP contribution in [0, 0.1) is 12.8 Å². The molecule has 17 heavy (non-hydrogen) atoms. The molecule has 0 aromatic carbocycles. The summed E-state index contributed by atoms with van der Waals surface area (Å²) in [4.78, 5) is 4.42. The molecule has 1 fully saturated rings. The molecule has 1 N–H and O–H groups in total. The Bertz CT molecular complexity index is 346. The van der Waals surface area contributed by atoms with Crippen molar-refractivity contribution in [2.45, 2.75) is 45.3 Å². The molecule has 0 radical (unpaired) electrons. The summed E-state index contributed by atoms with van der Waals surface area (Å²) < 4.78 is 5.87. The molecule has 0 spiro atoms. The lowest BCUT2D eigenvalue weighted by Crippen LogP contribution is -2.23. The van der Waals surface area contributed by atoms with Crippen LogP contribution in [0.25, 0.3) is 0 Å². The summed E-state index contributed by atoms with van der Waals surface area (Å²) in [6.45, 7) is 2.93. The van der Waals surface area contributed by atoms with Crippen molar-refractivity contribution < 1.29 is 9.84 Å². The first-order valence-corrected chi connectivity index (χ1v) is 6.43. The minimum Gasteiger partial charge on any atom is -0.396 e. The Balaban J connectivity index is 1.76. The first-order valence-electron chi connectivity index (χ1n) is 6.43. The Morgan fingerprint density at radius 1 is 1.29 bits per heavy atom. The lowest BCUT2D eigenvalue weighted by molar-refractivity contribution is -0.000189. The molecular weight excluding hydrogens is 214 g/mol. The lowest BCUT2D eigenvalue weighted by atomic mass is 9.88. The number of pyridine rings is 1. The van der Waals surface area contributed by atoms with Gasteiger partial charge >= 0.3 is 0 Å². The second-order valence-corrected chi connectivity index (χ2v) is 4.91. The summed E-state index contributed by atoms with van der Waals surface area (Å²) in [5, 5.41) is 9.06. The van der Waals surface area contributed by atoms with E-state index in [2.05, 4.69) is 4.98 Å². The van der Waals surface area contributed by atoms with E-state index in [9.17, 15) is 0 Å². The Kier molecular flexibility index (Phi) is 4.51. The van der Waals surface area contributed by atoms with Crippen molar-refractivity contribution in [2.75, 3.05) is 6.61 Å². The van der Waals surface area contributed by atoms with Crippen molar-refractivity contribution in [3.63, 3.8) is 0 Å². The van der Waals surface area contributed by atoms with Crippen LogP contribution in [-0.2, 0) is 11.3 Å². The number of ether oxygens (including phenoxy) is 1. The molecule has 0 unspecified atom stereocenters. The highest BCUT2D eigenvalue weighted by atomic mass is 16.5. The molecular formula is C14H21NO2. The molecule has 1 saturated carbocycles. The van der Waals surface area contributed by atoms with E-state index < -0.39 is 0 Å². The molecule has 0 amide bonds. The van der Waals surface area contributed by atoms with Gasteiger partial charge in [0.05, 0.1) is 18.4 Å². The molecule has 1 aliphatic rings. The molecule has 94 valence electrons. The van der Waals surface area contributed by atoms with Crippen LogP contribution in [0.5, 0.6) is 0 Å². The van der Waals surface area contributed by atoms with E-state index >= 15 is 0 Å². The van der Waals surface area contributed by atoms with Crippen LogP contribution in [-0.4, -0.2) is 22.8 Å². The Hall–Kier alpha value is -0.930. The molecule has 0 atom stereocenters. The van der Waals surface area contributed by atoms with E-state index in [1.807, 2.05) is 25.1 Å². The van der Waals surface area contributed by atoms with Crippen LogP contribution >= 0.6 is 0 Å². The highest BCUT2D eigenvalue weighted by molar-refractivity contribution is 5.08. The zero-order valence-electron chi connectivity index (χ0n) is 10.4. The predicted molar refractivity (Wildman–Crippen MR) is 66.6 cm³/mol. The Morgan fingerprint density at radius 2 is 2.06 bits per heavy atom. The van der Waals surface area contributed by atoms with E-state index in [1.54, 1.807) is 0 Å². The fourth-order valence-corrected chi connectivity index (χ4v) is 2.36. The SMILES string of the molecule is Cc1cccc(COC2CCC(CO)CC2)n1. The van der Waals surface area contributed by atoms with Gasteiger partial charge in [-0.25, -0.2) is 0 Å². The molecule has 3 heteroatoms. The predicted octanol–water partition coefficient (Wildman–Crippen LogP) is 2.46. The van der Waals surface area contributed by atoms with Crippen molar-refractivity contribution in [3.8, 4) is 0 Å². The second kappa shape index (κ2) is 6.12. The van der Waals surface area contributed by atoms with Gasteiger partial charge in [0, 0.05) is 12.3 Å². The number of aliphatic hydroxyl groups excluding tert-OH is 1. The highest BCUT2D eigenvalue weighted by Crippen LogP contribution is 2.26. The quantitative estimate of drug-likeness (QED) is 0.871. The number of aryl methyl sites for hydroxylation is 1. The van der Waals surface area contributed by atoms with Gasteiger partial charge in [0.15, 0.2) is 0 Å². The summed E-state index contributed by atoms with van der Waals surface area (Å²) in [7, 11) is 0. The monoisotopic (exact) mass is 235 g/mol. The maximum Gasteiger partial charge on any atom is 0.0891 e. The molecule has 2 rings (SSSR count). The van der Waals surface area contributed by atoms with Crippen LogP contribution < -0.4 is 0 Å². The molecule has 3 nitrogen and oxygen atoms in total. The van der Waals surface area contributed by atoms with Gasteiger partial charge in [0.25, 0.3) is 0 Å². The molecule has 1 aromatic rings. The Morgan fingerprint density at radius 3 is 2.71 bits per heavy atom. The molecule has 0 saturated heterocycles. The van der Waals surface area contributed by atoms with Gasteiger partial charge in [0.2, 0.25) is 0 Å². The van der Waals surface area contributed by atoms with Crippen molar-refractivity contribution in [1.82, 2.24) is 4.98 Å². The van der Waals surface area contributed by atoms with Crippen LogP contribution in [0.1, 0.15) is 37.1 Å². The molecule has 1 aromatic heterocycles. The molecule has 0 bridgehead atoms. The number of aromatic nitrogens is 1. The maximum absolute atomic E-state index is 9.06. The van der Waals surface area contributed by atoms with Gasteiger partial charge in [-0.2, -0.15) is 0 Å². The third-order valence-corrected chi connectivity index (χ3v) is 3.46. The third-order valence-electron chi connectivity index (χ3n) is 3.46. The van der Waals surface area contributed by atoms with Crippen molar-refractivity contribution in [1.29, 1.82) is 0 Å². The fourth-order valence-electron chi connectivity index (χ4n) is 2.36. The van der Waals surface area contributed by atoms with Crippen molar-refractivity contribution >= 4 is 0 Å². The molecule has 1 heterocycles. The standard InChI is InChI=1S/C14H21NO2/c1-11-3-2-4-13(15-11)10-17-14-7-5-12(9-16)6-8-14/h2-4,12,14,16H,5-10H2,1H3. The van der Waals surface area contributed by atoms with E-state index in [0.717, 1.165) is 37.1 Å². The first-order chi connectivity index (χ1) is 8.28.